The Kier molecular flexibility index (Phi) is 5.25. The molecule has 13 heavy (non-hydrogen) atoms. The molecule has 0 aliphatic carbocycles. The molecule has 0 rings (SSSR count). The van der Waals surface area contributed by atoms with Gasteiger partial charge in [0.15, 0.2) is 0 Å². The molecule has 0 radical (unpaired) electrons. The van der Waals surface area contributed by atoms with Gasteiger partial charge in [-0.2, -0.15) is 0 Å². The van der Waals surface area contributed by atoms with Crippen LogP contribution in [0.25, 0.3) is 0 Å². The molecular formula is C8H15NO4. The lowest BCUT2D eigenvalue weighted by Crippen LogP contribution is -2.42. The second kappa shape index (κ2) is 5.66. The second-order valence-corrected chi connectivity index (χ2v) is 2.86. The molecule has 3 atom stereocenters. The van der Waals surface area contributed by atoms with Crippen LogP contribution in [0.5, 0.6) is 0 Å². The summed E-state index contributed by atoms with van der Waals surface area (Å²) in [5, 5.41) is 9.21. The standard InChI is InChI=1S/C8H15NO4/c1-5(11)7(8(12)13-2)6(9)3-4-10/h4-7,11H,3,9H2,1-2H3/t5-,6-,7-/m1/s1. The summed E-state index contributed by atoms with van der Waals surface area (Å²) >= 11 is 0. The summed E-state index contributed by atoms with van der Waals surface area (Å²) in [6, 6.07) is -0.690. The first-order chi connectivity index (χ1) is 6.04. The lowest BCUT2D eigenvalue weighted by molar-refractivity contribution is -0.150. The summed E-state index contributed by atoms with van der Waals surface area (Å²) in [4.78, 5) is 21.2. The molecule has 0 aromatic rings. The van der Waals surface area contributed by atoms with Crippen LogP contribution in [0.4, 0.5) is 0 Å². The molecule has 0 aliphatic rings. The van der Waals surface area contributed by atoms with Crippen molar-refractivity contribution in [2.75, 3.05) is 7.11 Å². The van der Waals surface area contributed by atoms with Crippen LogP contribution in [0.3, 0.4) is 0 Å². The first-order valence-electron chi connectivity index (χ1n) is 3.99. The Hall–Kier alpha value is -0.940. The minimum absolute atomic E-state index is 0.0324. The maximum absolute atomic E-state index is 11.1. The number of esters is 1. The molecule has 0 aromatic carbocycles. The largest absolute Gasteiger partial charge is 0.469 e. The normalized spacial score (nSPS) is 17.2. The molecule has 5 nitrogen and oxygen atoms in total. The number of aliphatic hydroxyl groups is 1. The van der Waals surface area contributed by atoms with Crippen LogP contribution in [0, 0.1) is 5.92 Å². The zero-order chi connectivity index (χ0) is 10.4. The van der Waals surface area contributed by atoms with Gasteiger partial charge in [0.1, 0.15) is 6.29 Å². The molecule has 0 bridgehead atoms. The van der Waals surface area contributed by atoms with Gasteiger partial charge in [-0.25, -0.2) is 0 Å². The van der Waals surface area contributed by atoms with Crippen LogP contribution in [0.15, 0.2) is 0 Å². The molecule has 5 heteroatoms. The molecule has 3 N–H and O–H groups in total. The van der Waals surface area contributed by atoms with E-state index in [9.17, 15) is 14.7 Å². The van der Waals surface area contributed by atoms with E-state index in [-0.39, 0.29) is 6.42 Å². The Morgan fingerprint density at radius 3 is 2.54 bits per heavy atom. The van der Waals surface area contributed by atoms with E-state index >= 15 is 0 Å². The van der Waals surface area contributed by atoms with Crippen molar-refractivity contribution in [2.45, 2.75) is 25.5 Å². The second-order valence-electron chi connectivity index (χ2n) is 2.86. The zero-order valence-corrected chi connectivity index (χ0v) is 7.77. The lowest BCUT2D eigenvalue weighted by atomic mass is 9.93. The van der Waals surface area contributed by atoms with Gasteiger partial charge >= 0.3 is 5.97 Å². The fraction of sp³-hybridized carbons (Fsp3) is 0.750. The number of hydrogen-bond donors (Lipinski definition) is 2. The summed E-state index contributed by atoms with van der Waals surface area (Å²) in [7, 11) is 1.21. The predicted octanol–water partition coefficient (Wildman–Crippen LogP) is -0.927. The van der Waals surface area contributed by atoms with Crippen molar-refractivity contribution >= 4 is 12.3 Å². The van der Waals surface area contributed by atoms with Crippen LogP contribution in [0.2, 0.25) is 0 Å². The Bertz CT molecular complexity index is 181. The highest BCUT2D eigenvalue weighted by Gasteiger charge is 2.30. The SMILES string of the molecule is COC(=O)[C@@H]([C@H](N)CC=O)[C@@H](C)O. The van der Waals surface area contributed by atoms with Gasteiger partial charge in [0, 0.05) is 12.5 Å². The van der Waals surface area contributed by atoms with Gasteiger partial charge in [-0.3, -0.25) is 4.79 Å². The highest BCUT2D eigenvalue weighted by Crippen LogP contribution is 2.11. The highest BCUT2D eigenvalue weighted by atomic mass is 16.5. The number of nitrogens with two attached hydrogens (primary N) is 1. The van der Waals surface area contributed by atoms with Crippen molar-refractivity contribution in [1.82, 2.24) is 0 Å². The van der Waals surface area contributed by atoms with Crippen molar-refractivity contribution in [3.05, 3.63) is 0 Å². The molecule has 0 saturated heterocycles. The van der Waals surface area contributed by atoms with E-state index in [4.69, 9.17) is 5.73 Å². The summed E-state index contributed by atoms with van der Waals surface area (Å²) < 4.78 is 4.45. The van der Waals surface area contributed by atoms with E-state index in [0.29, 0.717) is 6.29 Å². The van der Waals surface area contributed by atoms with Gasteiger partial charge in [-0.15, -0.1) is 0 Å². The third-order valence-electron chi connectivity index (χ3n) is 1.82. The number of aliphatic hydroxyl groups excluding tert-OH is 1. The number of carbonyl (C=O) groups is 2. The van der Waals surface area contributed by atoms with Gasteiger partial charge in [0.25, 0.3) is 0 Å². The van der Waals surface area contributed by atoms with Gasteiger partial charge in [0.05, 0.1) is 19.1 Å². The minimum atomic E-state index is -0.914. The molecule has 0 unspecified atom stereocenters. The Labute approximate surface area is 76.9 Å². The predicted molar refractivity (Wildman–Crippen MR) is 45.8 cm³/mol. The van der Waals surface area contributed by atoms with Crippen LogP contribution in [-0.4, -0.2) is 36.6 Å². The van der Waals surface area contributed by atoms with E-state index < -0.39 is 24.0 Å². The average Bonchev–Trinajstić information content (AvgIpc) is 2.04. The van der Waals surface area contributed by atoms with Crippen molar-refractivity contribution in [3.8, 4) is 0 Å². The molecule has 76 valence electrons. The topological polar surface area (TPSA) is 89.6 Å². The molecule has 0 aliphatic heterocycles. The summed E-state index contributed by atoms with van der Waals surface area (Å²) in [5.74, 6) is -1.43. The number of ether oxygens (including phenoxy) is 1. The van der Waals surface area contributed by atoms with E-state index in [0.717, 1.165) is 0 Å². The number of hydrogen-bond acceptors (Lipinski definition) is 5. The van der Waals surface area contributed by atoms with Gasteiger partial charge < -0.3 is 20.4 Å². The molecule has 0 saturated carbocycles. The smallest absolute Gasteiger partial charge is 0.312 e. The van der Waals surface area contributed by atoms with Crippen molar-refractivity contribution in [3.63, 3.8) is 0 Å². The molecule has 0 aromatic heterocycles. The fourth-order valence-corrected chi connectivity index (χ4v) is 1.12. The van der Waals surface area contributed by atoms with E-state index in [2.05, 4.69) is 4.74 Å². The molecule has 0 heterocycles. The first-order valence-corrected chi connectivity index (χ1v) is 3.99. The summed E-state index contributed by atoms with van der Waals surface area (Å²) in [6.45, 7) is 1.44. The number of aldehydes is 1. The first kappa shape index (κ1) is 12.1. The van der Waals surface area contributed by atoms with Gasteiger partial charge in [-0.05, 0) is 6.92 Å². The van der Waals surface area contributed by atoms with E-state index in [1.807, 2.05) is 0 Å². The Morgan fingerprint density at radius 2 is 2.23 bits per heavy atom. The monoisotopic (exact) mass is 189 g/mol. The third kappa shape index (κ3) is 3.52. The molecule has 0 amide bonds. The number of carbonyl (C=O) groups excluding carboxylic acids is 2. The van der Waals surface area contributed by atoms with E-state index in [1.165, 1.54) is 14.0 Å². The Balaban J connectivity index is 4.40. The molecular weight excluding hydrogens is 174 g/mol. The summed E-state index contributed by atoms with van der Waals surface area (Å²) in [6.07, 6.45) is -0.268. The molecule has 0 fully saturated rings. The third-order valence-corrected chi connectivity index (χ3v) is 1.82. The van der Waals surface area contributed by atoms with Crippen molar-refractivity contribution in [2.24, 2.45) is 11.7 Å². The van der Waals surface area contributed by atoms with Crippen molar-refractivity contribution in [1.29, 1.82) is 0 Å². The van der Waals surface area contributed by atoms with Gasteiger partial charge in [0.2, 0.25) is 0 Å². The fourth-order valence-electron chi connectivity index (χ4n) is 1.12. The Morgan fingerprint density at radius 1 is 1.69 bits per heavy atom. The lowest BCUT2D eigenvalue weighted by Gasteiger charge is -2.22. The average molecular weight is 189 g/mol. The van der Waals surface area contributed by atoms with Gasteiger partial charge in [-0.1, -0.05) is 0 Å². The van der Waals surface area contributed by atoms with Crippen LogP contribution in [-0.2, 0) is 14.3 Å². The maximum atomic E-state index is 11.1. The maximum Gasteiger partial charge on any atom is 0.312 e. The van der Waals surface area contributed by atoms with Crippen LogP contribution in [0.1, 0.15) is 13.3 Å². The zero-order valence-electron chi connectivity index (χ0n) is 7.77. The summed E-state index contributed by atoms with van der Waals surface area (Å²) in [5.41, 5.74) is 5.51. The van der Waals surface area contributed by atoms with Crippen LogP contribution >= 0.6 is 0 Å². The number of rotatable bonds is 5. The molecule has 0 spiro atoms. The quantitative estimate of drug-likeness (QED) is 0.431. The van der Waals surface area contributed by atoms with Crippen LogP contribution < -0.4 is 5.73 Å². The number of methoxy groups -OCH3 is 1. The minimum Gasteiger partial charge on any atom is -0.469 e. The highest BCUT2D eigenvalue weighted by molar-refractivity contribution is 5.74. The van der Waals surface area contributed by atoms with E-state index in [1.54, 1.807) is 0 Å². The van der Waals surface area contributed by atoms with Crippen molar-refractivity contribution < 1.29 is 19.4 Å².